The van der Waals surface area contributed by atoms with Gasteiger partial charge in [0.05, 0.1) is 5.69 Å². The smallest absolute Gasteiger partial charge is 0.313 e. The minimum atomic E-state index is -0.668. The number of carbonyl (C=O) groups excluding carboxylic acids is 3. The Morgan fingerprint density at radius 2 is 1.62 bits per heavy atom. The van der Waals surface area contributed by atoms with Gasteiger partial charge in [-0.25, -0.2) is 0 Å². The first kappa shape index (κ1) is 15.5. The highest BCUT2D eigenvalue weighted by molar-refractivity contribution is 9.10. The van der Waals surface area contributed by atoms with Crippen molar-refractivity contribution in [1.29, 1.82) is 0 Å². The highest BCUT2D eigenvalue weighted by Gasteiger charge is 2.27. The van der Waals surface area contributed by atoms with E-state index in [4.69, 9.17) is 0 Å². The molecular formula is C14H16BrN3O3. The summed E-state index contributed by atoms with van der Waals surface area (Å²) in [7, 11) is 0. The lowest BCUT2D eigenvalue weighted by molar-refractivity contribution is -0.145. The third-order valence-corrected chi connectivity index (χ3v) is 4.02. The van der Waals surface area contributed by atoms with Gasteiger partial charge in [0.15, 0.2) is 0 Å². The van der Waals surface area contributed by atoms with Crippen LogP contribution in [0, 0.1) is 0 Å². The quantitative estimate of drug-likeness (QED) is 0.768. The van der Waals surface area contributed by atoms with Crippen molar-refractivity contribution in [2.45, 2.75) is 6.92 Å². The van der Waals surface area contributed by atoms with Crippen LogP contribution in [0.4, 0.5) is 5.69 Å². The maximum Gasteiger partial charge on any atom is 0.313 e. The number of carbonyl (C=O) groups is 3. The van der Waals surface area contributed by atoms with Gasteiger partial charge in [-0.1, -0.05) is 12.1 Å². The van der Waals surface area contributed by atoms with Crippen LogP contribution in [0.25, 0.3) is 0 Å². The van der Waals surface area contributed by atoms with Crippen molar-refractivity contribution in [3.8, 4) is 0 Å². The molecule has 0 spiro atoms. The molecule has 1 N–H and O–H groups in total. The zero-order chi connectivity index (χ0) is 15.4. The number of rotatable bonds is 1. The molecule has 1 heterocycles. The van der Waals surface area contributed by atoms with E-state index < -0.39 is 11.8 Å². The Balaban J connectivity index is 1.93. The molecule has 1 aromatic rings. The SMILES string of the molecule is CC(=O)N1CCN(C(=O)C(=O)Nc2ccccc2Br)CC1. The molecule has 0 unspecified atom stereocenters. The number of nitrogens with one attached hydrogen (secondary N) is 1. The van der Waals surface area contributed by atoms with Crippen molar-refractivity contribution in [2.75, 3.05) is 31.5 Å². The van der Waals surface area contributed by atoms with Crippen molar-refractivity contribution in [3.63, 3.8) is 0 Å². The van der Waals surface area contributed by atoms with Crippen molar-refractivity contribution in [3.05, 3.63) is 28.7 Å². The molecule has 0 aromatic heterocycles. The van der Waals surface area contributed by atoms with Gasteiger partial charge < -0.3 is 15.1 Å². The zero-order valence-electron chi connectivity index (χ0n) is 11.6. The summed E-state index contributed by atoms with van der Waals surface area (Å²) in [6.45, 7) is 3.17. The molecule has 1 saturated heterocycles. The molecule has 2 rings (SSSR count). The lowest BCUT2D eigenvalue weighted by atomic mass is 10.3. The lowest BCUT2D eigenvalue weighted by Gasteiger charge is -2.33. The van der Waals surface area contributed by atoms with E-state index >= 15 is 0 Å². The Bertz CT molecular complexity index is 568. The van der Waals surface area contributed by atoms with Crippen LogP contribution in [-0.2, 0) is 14.4 Å². The normalized spacial score (nSPS) is 14.8. The van der Waals surface area contributed by atoms with Gasteiger partial charge in [0.1, 0.15) is 0 Å². The molecule has 0 aliphatic carbocycles. The van der Waals surface area contributed by atoms with Crippen molar-refractivity contribution >= 4 is 39.3 Å². The zero-order valence-corrected chi connectivity index (χ0v) is 13.2. The molecule has 6 nitrogen and oxygen atoms in total. The molecule has 1 aliphatic heterocycles. The second-order valence-corrected chi connectivity index (χ2v) is 5.59. The average Bonchev–Trinajstić information content (AvgIpc) is 2.49. The second kappa shape index (κ2) is 6.71. The third kappa shape index (κ3) is 3.81. The molecule has 1 aromatic carbocycles. The van der Waals surface area contributed by atoms with Gasteiger partial charge in [0.2, 0.25) is 5.91 Å². The molecule has 0 bridgehead atoms. The number of anilines is 1. The van der Waals surface area contributed by atoms with E-state index in [-0.39, 0.29) is 5.91 Å². The Morgan fingerprint density at radius 1 is 1.05 bits per heavy atom. The second-order valence-electron chi connectivity index (χ2n) is 4.73. The first-order chi connectivity index (χ1) is 9.99. The van der Waals surface area contributed by atoms with E-state index in [0.717, 1.165) is 0 Å². The van der Waals surface area contributed by atoms with Crippen LogP contribution in [-0.4, -0.2) is 53.7 Å². The Hall–Kier alpha value is -1.89. The molecule has 112 valence electrons. The van der Waals surface area contributed by atoms with Gasteiger partial charge in [-0.3, -0.25) is 14.4 Å². The number of halogens is 1. The topological polar surface area (TPSA) is 69.7 Å². The van der Waals surface area contributed by atoms with Gasteiger partial charge >= 0.3 is 11.8 Å². The maximum atomic E-state index is 12.1. The molecular weight excluding hydrogens is 338 g/mol. The monoisotopic (exact) mass is 353 g/mol. The summed E-state index contributed by atoms with van der Waals surface area (Å²) in [5, 5.41) is 2.58. The number of piperazine rings is 1. The van der Waals surface area contributed by atoms with Gasteiger partial charge in [-0.15, -0.1) is 0 Å². The van der Waals surface area contributed by atoms with Crippen LogP contribution in [0.1, 0.15) is 6.92 Å². The van der Waals surface area contributed by atoms with E-state index in [1.165, 1.54) is 11.8 Å². The average molecular weight is 354 g/mol. The van der Waals surface area contributed by atoms with Crippen LogP contribution in [0.15, 0.2) is 28.7 Å². The molecule has 0 atom stereocenters. The summed E-state index contributed by atoms with van der Waals surface area (Å²) < 4.78 is 0.715. The first-order valence-corrected chi connectivity index (χ1v) is 7.38. The van der Waals surface area contributed by atoms with E-state index in [1.54, 1.807) is 23.1 Å². The predicted octanol–water partition coefficient (Wildman–Crippen LogP) is 1.08. The Kier molecular flexibility index (Phi) is 4.95. The number of amides is 3. The van der Waals surface area contributed by atoms with Crippen molar-refractivity contribution in [2.24, 2.45) is 0 Å². The molecule has 1 fully saturated rings. The van der Waals surface area contributed by atoms with Gasteiger partial charge in [-0.2, -0.15) is 0 Å². The van der Waals surface area contributed by atoms with Crippen LogP contribution < -0.4 is 5.32 Å². The lowest BCUT2D eigenvalue weighted by Crippen LogP contribution is -2.52. The highest BCUT2D eigenvalue weighted by Crippen LogP contribution is 2.21. The number of nitrogens with zero attached hydrogens (tertiary/aromatic N) is 2. The summed E-state index contributed by atoms with van der Waals surface area (Å²) in [6, 6.07) is 7.09. The number of para-hydroxylation sites is 1. The summed E-state index contributed by atoms with van der Waals surface area (Å²) in [5.74, 6) is -1.26. The largest absolute Gasteiger partial charge is 0.339 e. The minimum absolute atomic E-state index is 0.0141. The van der Waals surface area contributed by atoms with Crippen LogP contribution in [0.2, 0.25) is 0 Å². The van der Waals surface area contributed by atoms with Crippen LogP contribution in [0.5, 0.6) is 0 Å². The number of benzene rings is 1. The standard InChI is InChI=1S/C14H16BrN3O3/c1-10(19)17-6-8-18(9-7-17)14(21)13(20)16-12-5-3-2-4-11(12)15/h2-5H,6-9H2,1H3,(H,16,20). The highest BCUT2D eigenvalue weighted by atomic mass is 79.9. The Morgan fingerprint density at radius 3 is 2.19 bits per heavy atom. The van der Waals surface area contributed by atoms with Crippen LogP contribution >= 0.6 is 15.9 Å². The van der Waals surface area contributed by atoms with Gasteiger partial charge in [-0.05, 0) is 28.1 Å². The summed E-state index contributed by atoms with van der Waals surface area (Å²) in [4.78, 5) is 38.4. The summed E-state index contributed by atoms with van der Waals surface area (Å²) >= 11 is 3.31. The third-order valence-electron chi connectivity index (χ3n) is 3.33. The molecule has 7 heteroatoms. The minimum Gasteiger partial charge on any atom is -0.339 e. The number of hydrogen-bond acceptors (Lipinski definition) is 3. The van der Waals surface area contributed by atoms with Crippen molar-refractivity contribution in [1.82, 2.24) is 9.80 Å². The summed E-state index contributed by atoms with van der Waals surface area (Å²) in [6.07, 6.45) is 0. The molecule has 0 radical (unpaired) electrons. The maximum absolute atomic E-state index is 12.1. The molecule has 1 aliphatic rings. The fraction of sp³-hybridized carbons (Fsp3) is 0.357. The van der Waals surface area contributed by atoms with Gasteiger partial charge in [0, 0.05) is 37.6 Å². The fourth-order valence-corrected chi connectivity index (χ4v) is 2.49. The molecule has 3 amide bonds. The first-order valence-electron chi connectivity index (χ1n) is 6.59. The molecule has 21 heavy (non-hydrogen) atoms. The predicted molar refractivity (Wildman–Crippen MR) is 81.6 cm³/mol. The van der Waals surface area contributed by atoms with Crippen molar-refractivity contribution < 1.29 is 14.4 Å². The number of hydrogen-bond donors (Lipinski definition) is 1. The fourth-order valence-electron chi connectivity index (χ4n) is 2.11. The van der Waals surface area contributed by atoms with Gasteiger partial charge in [0.25, 0.3) is 0 Å². The summed E-state index contributed by atoms with van der Waals surface area (Å²) in [5.41, 5.74) is 0.554. The molecule has 0 saturated carbocycles. The van der Waals surface area contributed by atoms with Crippen LogP contribution in [0.3, 0.4) is 0 Å². The Labute approximate surface area is 131 Å². The van der Waals surface area contributed by atoms with E-state index in [1.807, 2.05) is 6.07 Å². The van der Waals surface area contributed by atoms with E-state index in [0.29, 0.717) is 36.3 Å². The van der Waals surface area contributed by atoms with E-state index in [2.05, 4.69) is 21.2 Å². The van der Waals surface area contributed by atoms with E-state index in [9.17, 15) is 14.4 Å².